The summed E-state index contributed by atoms with van der Waals surface area (Å²) in [6, 6.07) is 4.60. The summed E-state index contributed by atoms with van der Waals surface area (Å²) in [6.07, 6.45) is -0.0305. The summed E-state index contributed by atoms with van der Waals surface area (Å²) < 4.78 is 32.1. The van der Waals surface area contributed by atoms with Crippen molar-refractivity contribution < 1.29 is 27.7 Å². The standard InChI is InChI=1S/C16H17ClN4O7S/c1-9(15(22)19-13-5-4-10(21(24)25)6-12(13)17)28-16(23)14-7-11(8-20(14)3)29(26,27)18-2/h4-9,18H,1-3H3,(H,19,22). The first-order chi connectivity index (χ1) is 13.5. The second kappa shape index (κ2) is 8.59. The van der Waals surface area contributed by atoms with Crippen LogP contribution in [0.25, 0.3) is 0 Å². The van der Waals surface area contributed by atoms with Crippen molar-refractivity contribution in [2.75, 3.05) is 12.4 Å². The lowest BCUT2D eigenvalue weighted by Gasteiger charge is -2.14. The molecular formula is C16H17ClN4O7S. The number of aryl methyl sites for hydroxylation is 1. The van der Waals surface area contributed by atoms with E-state index in [1.54, 1.807) is 0 Å². The number of anilines is 1. The molecule has 2 rings (SSSR count). The largest absolute Gasteiger partial charge is 0.448 e. The lowest BCUT2D eigenvalue weighted by Crippen LogP contribution is -2.30. The predicted octanol–water partition coefficient (Wildman–Crippen LogP) is 1.68. The zero-order chi connectivity index (χ0) is 21.9. The quantitative estimate of drug-likeness (QED) is 0.374. The Morgan fingerprint density at radius 2 is 1.97 bits per heavy atom. The summed E-state index contributed by atoms with van der Waals surface area (Å²) >= 11 is 5.91. The maximum atomic E-state index is 12.3. The van der Waals surface area contributed by atoms with Gasteiger partial charge in [-0.25, -0.2) is 17.9 Å². The van der Waals surface area contributed by atoms with Crippen molar-refractivity contribution in [1.29, 1.82) is 0 Å². The summed E-state index contributed by atoms with van der Waals surface area (Å²) in [5.74, 6) is -1.64. The van der Waals surface area contributed by atoms with Crippen LogP contribution in [0.5, 0.6) is 0 Å². The first-order valence-corrected chi connectivity index (χ1v) is 9.88. The molecule has 0 aliphatic heterocycles. The van der Waals surface area contributed by atoms with E-state index >= 15 is 0 Å². The smallest absolute Gasteiger partial charge is 0.355 e. The van der Waals surface area contributed by atoms with Crippen LogP contribution in [0, 0.1) is 10.1 Å². The van der Waals surface area contributed by atoms with Gasteiger partial charge in [-0.15, -0.1) is 0 Å². The van der Waals surface area contributed by atoms with Crippen LogP contribution in [0.3, 0.4) is 0 Å². The number of rotatable bonds is 7. The minimum absolute atomic E-state index is 0.0598. The van der Waals surface area contributed by atoms with Crippen LogP contribution in [-0.4, -0.2) is 42.9 Å². The van der Waals surface area contributed by atoms with Gasteiger partial charge < -0.3 is 14.6 Å². The van der Waals surface area contributed by atoms with Crippen LogP contribution < -0.4 is 10.0 Å². The number of amides is 1. The predicted molar refractivity (Wildman–Crippen MR) is 103 cm³/mol. The molecular weight excluding hydrogens is 428 g/mol. The van der Waals surface area contributed by atoms with Crippen LogP contribution in [0.2, 0.25) is 5.02 Å². The molecule has 29 heavy (non-hydrogen) atoms. The van der Waals surface area contributed by atoms with Gasteiger partial charge in [0.25, 0.3) is 11.6 Å². The van der Waals surface area contributed by atoms with Crippen LogP contribution >= 0.6 is 11.6 Å². The molecule has 1 aromatic heterocycles. The van der Waals surface area contributed by atoms with Gasteiger partial charge in [-0.1, -0.05) is 11.6 Å². The van der Waals surface area contributed by atoms with Crippen molar-refractivity contribution in [2.45, 2.75) is 17.9 Å². The highest BCUT2D eigenvalue weighted by atomic mass is 35.5. The van der Waals surface area contributed by atoms with Gasteiger partial charge in [0.15, 0.2) is 6.10 Å². The first kappa shape index (κ1) is 22.3. The number of hydrogen-bond acceptors (Lipinski definition) is 7. The van der Waals surface area contributed by atoms with E-state index in [0.29, 0.717) is 0 Å². The number of nitrogens with zero attached hydrogens (tertiary/aromatic N) is 2. The minimum atomic E-state index is -3.75. The van der Waals surface area contributed by atoms with Gasteiger partial charge in [0, 0.05) is 25.4 Å². The molecule has 0 saturated heterocycles. The molecule has 1 unspecified atom stereocenters. The fraction of sp³-hybridized carbons (Fsp3) is 0.250. The Kier molecular flexibility index (Phi) is 6.62. The second-order valence-electron chi connectivity index (χ2n) is 5.84. The molecule has 0 fully saturated rings. The highest BCUT2D eigenvalue weighted by Gasteiger charge is 2.24. The third kappa shape index (κ3) is 5.10. The van der Waals surface area contributed by atoms with E-state index in [1.165, 1.54) is 37.8 Å². The number of halogens is 1. The Labute approximate surface area is 170 Å². The van der Waals surface area contributed by atoms with Gasteiger partial charge in [0.2, 0.25) is 10.0 Å². The van der Waals surface area contributed by atoms with Gasteiger partial charge in [-0.05, 0) is 26.1 Å². The Balaban J connectivity index is 2.10. The molecule has 1 atom stereocenters. The number of aromatic nitrogens is 1. The highest BCUT2D eigenvalue weighted by Crippen LogP contribution is 2.27. The third-order valence-electron chi connectivity index (χ3n) is 3.84. The number of nitrogens with one attached hydrogen (secondary N) is 2. The third-order valence-corrected chi connectivity index (χ3v) is 5.54. The maximum absolute atomic E-state index is 12.3. The lowest BCUT2D eigenvalue weighted by atomic mass is 10.2. The van der Waals surface area contributed by atoms with Gasteiger partial charge in [-0.3, -0.25) is 14.9 Å². The molecule has 1 aromatic carbocycles. The monoisotopic (exact) mass is 444 g/mol. The zero-order valence-electron chi connectivity index (χ0n) is 15.5. The molecule has 0 aliphatic carbocycles. The number of ether oxygens (including phenoxy) is 1. The van der Waals surface area contributed by atoms with Crippen molar-refractivity contribution >= 4 is 44.9 Å². The normalized spacial score (nSPS) is 12.3. The Hall–Kier alpha value is -2.96. The van der Waals surface area contributed by atoms with E-state index < -0.39 is 32.9 Å². The number of esters is 1. The first-order valence-electron chi connectivity index (χ1n) is 8.02. The Morgan fingerprint density at radius 3 is 2.52 bits per heavy atom. The molecule has 0 spiro atoms. The van der Waals surface area contributed by atoms with Crippen molar-refractivity contribution in [3.05, 3.63) is 51.3 Å². The number of hydrogen-bond donors (Lipinski definition) is 2. The molecule has 0 radical (unpaired) electrons. The zero-order valence-corrected chi connectivity index (χ0v) is 17.1. The van der Waals surface area contributed by atoms with Crippen LogP contribution in [0.1, 0.15) is 17.4 Å². The summed E-state index contributed by atoms with van der Waals surface area (Å²) in [6.45, 7) is 1.31. The molecule has 0 aliphatic rings. The summed E-state index contributed by atoms with van der Waals surface area (Å²) in [5, 5.41) is 13.1. The van der Waals surface area contributed by atoms with Crippen molar-refractivity contribution in [3.63, 3.8) is 0 Å². The van der Waals surface area contributed by atoms with Gasteiger partial charge >= 0.3 is 5.97 Å². The van der Waals surface area contributed by atoms with E-state index in [2.05, 4.69) is 10.0 Å². The van der Waals surface area contributed by atoms with Crippen molar-refractivity contribution in [1.82, 2.24) is 9.29 Å². The molecule has 156 valence electrons. The topological polar surface area (TPSA) is 150 Å². The summed E-state index contributed by atoms with van der Waals surface area (Å²) in [7, 11) is -1.07. The van der Waals surface area contributed by atoms with Gasteiger partial charge in [0.1, 0.15) is 10.6 Å². The van der Waals surface area contributed by atoms with Crippen LogP contribution in [0.15, 0.2) is 35.4 Å². The number of sulfonamides is 1. The molecule has 2 N–H and O–H groups in total. The summed E-state index contributed by atoms with van der Waals surface area (Å²) in [5.41, 5.74) is -0.221. The maximum Gasteiger partial charge on any atom is 0.355 e. The molecule has 0 saturated carbocycles. The number of nitro groups is 1. The number of benzene rings is 1. The molecule has 13 heteroatoms. The van der Waals surface area contributed by atoms with Crippen LogP contribution in [-0.2, 0) is 26.6 Å². The van der Waals surface area contributed by atoms with E-state index in [0.717, 1.165) is 18.2 Å². The van der Waals surface area contributed by atoms with Crippen molar-refractivity contribution in [2.24, 2.45) is 7.05 Å². The summed E-state index contributed by atoms with van der Waals surface area (Å²) in [4.78, 5) is 34.5. The molecule has 1 heterocycles. The van der Waals surface area contributed by atoms with Crippen molar-refractivity contribution in [3.8, 4) is 0 Å². The SMILES string of the molecule is CNS(=O)(=O)c1cc(C(=O)OC(C)C(=O)Nc2ccc([N+](=O)[O-])cc2Cl)n(C)c1. The number of non-ortho nitro benzene ring substituents is 1. The average molecular weight is 445 g/mol. The lowest BCUT2D eigenvalue weighted by molar-refractivity contribution is -0.384. The fourth-order valence-corrected chi connectivity index (χ4v) is 3.25. The average Bonchev–Trinajstić information content (AvgIpc) is 3.05. The van der Waals surface area contributed by atoms with Gasteiger partial charge in [-0.2, -0.15) is 0 Å². The molecule has 0 bridgehead atoms. The van der Waals surface area contributed by atoms with E-state index in [1.807, 2.05) is 0 Å². The second-order valence-corrected chi connectivity index (χ2v) is 8.13. The highest BCUT2D eigenvalue weighted by molar-refractivity contribution is 7.89. The number of carbonyl (C=O) groups excluding carboxylic acids is 2. The molecule has 2 aromatic rings. The van der Waals surface area contributed by atoms with E-state index in [9.17, 15) is 28.1 Å². The fourth-order valence-electron chi connectivity index (χ4n) is 2.23. The van der Waals surface area contributed by atoms with E-state index in [-0.39, 0.29) is 27.0 Å². The van der Waals surface area contributed by atoms with Crippen LogP contribution in [0.4, 0.5) is 11.4 Å². The number of nitro benzene ring substituents is 1. The minimum Gasteiger partial charge on any atom is -0.448 e. The van der Waals surface area contributed by atoms with E-state index in [4.69, 9.17) is 16.3 Å². The van der Waals surface area contributed by atoms with Gasteiger partial charge in [0.05, 0.1) is 15.6 Å². The molecule has 11 nitrogen and oxygen atoms in total. The number of carbonyl (C=O) groups is 2. The Bertz CT molecular complexity index is 1080. The molecule has 1 amide bonds. The Morgan fingerprint density at radius 1 is 1.31 bits per heavy atom.